The van der Waals surface area contributed by atoms with Crippen LogP contribution in [0, 0.1) is 0 Å². The predicted molar refractivity (Wildman–Crippen MR) is 60.2 cm³/mol. The highest BCUT2D eigenvalue weighted by Gasteiger charge is 2.28. The van der Waals surface area contributed by atoms with E-state index >= 15 is 0 Å². The van der Waals surface area contributed by atoms with Gasteiger partial charge in [0.1, 0.15) is 12.5 Å². The van der Waals surface area contributed by atoms with Crippen LogP contribution in [0.1, 0.15) is 26.2 Å². The number of nitrogens with two attached hydrogens (primary N) is 1. The van der Waals surface area contributed by atoms with E-state index in [-0.39, 0.29) is 0 Å². The zero-order valence-corrected chi connectivity index (χ0v) is 9.43. The minimum Gasteiger partial charge on any atom is -0.457 e. The molecule has 1 aliphatic heterocycles. The van der Waals surface area contributed by atoms with Crippen molar-refractivity contribution in [3.05, 3.63) is 24.9 Å². The lowest BCUT2D eigenvalue weighted by Gasteiger charge is -2.22. The molecular weight excluding hydrogens is 206 g/mol. The van der Waals surface area contributed by atoms with Crippen LogP contribution in [-0.4, -0.2) is 15.6 Å². The lowest BCUT2D eigenvalue weighted by molar-refractivity contribution is -0.131. The maximum atomic E-state index is 5.57. The molecule has 16 heavy (non-hydrogen) atoms. The van der Waals surface area contributed by atoms with Crippen LogP contribution in [0.25, 0.3) is 0 Å². The van der Waals surface area contributed by atoms with E-state index < -0.39 is 5.79 Å². The molecule has 1 aromatic heterocycles. The molecule has 5 heteroatoms. The van der Waals surface area contributed by atoms with Crippen molar-refractivity contribution in [2.24, 2.45) is 0 Å². The Morgan fingerprint density at radius 3 is 2.75 bits per heavy atom. The van der Waals surface area contributed by atoms with Gasteiger partial charge in [-0.3, -0.25) is 4.68 Å². The number of nitrogens with zero attached hydrogens (tertiary/aromatic N) is 2. The van der Waals surface area contributed by atoms with Crippen LogP contribution in [0.5, 0.6) is 0 Å². The number of aryl methyl sites for hydroxylation is 1. The highest BCUT2D eigenvalue weighted by atomic mass is 16.7. The van der Waals surface area contributed by atoms with E-state index in [0.29, 0.717) is 5.69 Å². The lowest BCUT2D eigenvalue weighted by atomic mass is 10.1. The summed E-state index contributed by atoms with van der Waals surface area (Å²) in [6.07, 6.45) is 9.61. The third-order valence-electron chi connectivity index (χ3n) is 2.61. The van der Waals surface area contributed by atoms with Crippen LogP contribution in [0.15, 0.2) is 24.9 Å². The Hall–Kier alpha value is -1.65. The number of anilines is 1. The molecule has 0 bridgehead atoms. The van der Waals surface area contributed by atoms with Crippen molar-refractivity contribution >= 4 is 5.69 Å². The summed E-state index contributed by atoms with van der Waals surface area (Å²) in [6, 6.07) is 0. The Morgan fingerprint density at radius 2 is 2.12 bits per heavy atom. The van der Waals surface area contributed by atoms with Gasteiger partial charge >= 0.3 is 0 Å². The topological polar surface area (TPSA) is 62.3 Å². The van der Waals surface area contributed by atoms with Crippen LogP contribution in [0.3, 0.4) is 0 Å². The van der Waals surface area contributed by atoms with Crippen LogP contribution in [0.2, 0.25) is 0 Å². The summed E-state index contributed by atoms with van der Waals surface area (Å²) < 4.78 is 12.6. The molecule has 0 radical (unpaired) electrons. The van der Waals surface area contributed by atoms with E-state index in [9.17, 15) is 0 Å². The minimum atomic E-state index is -0.469. The second-order valence-corrected chi connectivity index (χ2v) is 4.14. The standard InChI is InChI=1S/C11H17N3O2/c1-11(15-6-7-16-11)4-2-3-5-14-9-10(12)8-13-14/h6-9H,2-5,12H2,1H3. The van der Waals surface area contributed by atoms with Crippen molar-refractivity contribution in [3.8, 4) is 0 Å². The van der Waals surface area contributed by atoms with Gasteiger partial charge in [-0.1, -0.05) is 0 Å². The van der Waals surface area contributed by atoms with E-state index in [1.54, 1.807) is 18.7 Å². The molecule has 0 fully saturated rings. The van der Waals surface area contributed by atoms with Gasteiger partial charge < -0.3 is 15.2 Å². The third-order valence-corrected chi connectivity index (χ3v) is 2.61. The first-order valence-electron chi connectivity index (χ1n) is 5.47. The number of hydrogen-bond donors (Lipinski definition) is 1. The third kappa shape index (κ3) is 2.68. The number of rotatable bonds is 5. The minimum absolute atomic E-state index is 0.469. The average Bonchev–Trinajstić information content (AvgIpc) is 2.84. The summed E-state index contributed by atoms with van der Waals surface area (Å²) in [5.41, 5.74) is 6.28. The van der Waals surface area contributed by atoms with Crippen molar-refractivity contribution in [1.29, 1.82) is 0 Å². The Bertz CT molecular complexity index is 365. The summed E-state index contributed by atoms with van der Waals surface area (Å²) in [4.78, 5) is 0. The second kappa shape index (κ2) is 4.47. The fourth-order valence-electron chi connectivity index (χ4n) is 1.71. The molecule has 88 valence electrons. The Balaban J connectivity index is 1.65. The molecule has 0 aromatic carbocycles. The zero-order chi connectivity index (χ0) is 11.4. The molecule has 0 aliphatic carbocycles. The second-order valence-electron chi connectivity index (χ2n) is 4.14. The number of hydrogen-bond acceptors (Lipinski definition) is 4. The van der Waals surface area contributed by atoms with Crippen molar-refractivity contribution in [1.82, 2.24) is 9.78 Å². The van der Waals surface area contributed by atoms with Crippen LogP contribution >= 0.6 is 0 Å². The molecule has 0 saturated carbocycles. The summed E-state index contributed by atoms with van der Waals surface area (Å²) in [6.45, 7) is 2.82. The molecule has 1 aromatic rings. The maximum absolute atomic E-state index is 5.57. The molecule has 1 aliphatic rings. The number of nitrogen functional groups attached to an aromatic ring is 1. The monoisotopic (exact) mass is 223 g/mol. The van der Waals surface area contributed by atoms with Crippen LogP contribution < -0.4 is 5.73 Å². The van der Waals surface area contributed by atoms with E-state index in [4.69, 9.17) is 15.2 Å². The first-order valence-corrected chi connectivity index (χ1v) is 5.47. The molecule has 2 rings (SSSR count). The molecule has 0 spiro atoms. The molecule has 0 atom stereocenters. The van der Waals surface area contributed by atoms with Crippen molar-refractivity contribution in [2.45, 2.75) is 38.5 Å². The van der Waals surface area contributed by atoms with E-state index in [2.05, 4.69) is 5.10 Å². The summed E-state index contributed by atoms with van der Waals surface area (Å²) in [5.74, 6) is -0.469. The van der Waals surface area contributed by atoms with Gasteiger partial charge in [0.2, 0.25) is 5.79 Å². The molecule has 2 N–H and O–H groups in total. The molecule has 0 saturated heterocycles. The summed E-state index contributed by atoms with van der Waals surface area (Å²) in [7, 11) is 0. The molecule has 0 amide bonds. The first kappa shape index (κ1) is 10.9. The number of ether oxygens (including phenoxy) is 2. The highest BCUT2D eigenvalue weighted by molar-refractivity contribution is 5.30. The van der Waals surface area contributed by atoms with Crippen LogP contribution in [-0.2, 0) is 16.0 Å². The number of aromatic nitrogens is 2. The van der Waals surface area contributed by atoms with Gasteiger partial charge in [-0.2, -0.15) is 5.10 Å². The maximum Gasteiger partial charge on any atom is 0.247 e. The Kier molecular flexibility index (Phi) is 3.03. The molecule has 5 nitrogen and oxygen atoms in total. The van der Waals surface area contributed by atoms with E-state index in [1.807, 2.05) is 17.8 Å². The van der Waals surface area contributed by atoms with Gasteiger partial charge in [0.15, 0.2) is 0 Å². The summed E-state index contributed by atoms with van der Waals surface area (Å²) >= 11 is 0. The highest BCUT2D eigenvalue weighted by Crippen LogP contribution is 2.25. The van der Waals surface area contributed by atoms with Gasteiger partial charge in [-0.05, 0) is 12.8 Å². The molecule has 2 heterocycles. The first-order chi connectivity index (χ1) is 7.68. The molecular formula is C11H17N3O2. The van der Waals surface area contributed by atoms with Crippen molar-refractivity contribution in [2.75, 3.05) is 5.73 Å². The fourth-order valence-corrected chi connectivity index (χ4v) is 1.71. The Morgan fingerprint density at radius 1 is 1.38 bits per heavy atom. The van der Waals surface area contributed by atoms with Gasteiger partial charge in [0.25, 0.3) is 0 Å². The van der Waals surface area contributed by atoms with Gasteiger partial charge in [-0.15, -0.1) is 0 Å². The fraction of sp³-hybridized carbons (Fsp3) is 0.545. The van der Waals surface area contributed by atoms with Crippen LogP contribution in [0.4, 0.5) is 5.69 Å². The smallest absolute Gasteiger partial charge is 0.247 e. The predicted octanol–water partition coefficient (Wildman–Crippen LogP) is 1.87. The van der Waals surface area contributed by atoms with Gasteiger partial charge in [0.05, 0.1) is 11.9 Å². The quantitative estimate of drug-likeness (QED) is 0.774. The number of unbranched alkanes of at least 4 members (excludes halogenated alkanes) is 1. The normalized spacial score (nSPS) is 17.1. The largest absolute Gasteiger partial charge is 0.457 e. The van der Waals surface area contributed by atoms with Gasteiger partial charge in [-0.25, -0.2) is 0 Å². The lowest BCUT2D eigenvalue weighted by Crippen LogP contribution is -2.25. The van der Waals surface area contributed by atoms with Gasteiger partial charge in [0, 0.05) is 26.1 Å². The SMILES string of the molecule is CC1(CCCCn2cc(N)cn2)OC=CO1. The van der Waals surface area contributed by atoms with E-state index in [0.717, 1.165) is 25.8 Å². The van der Waals surface area contributed by atoms with Crippen molar-refractivity contribution < 1.29 is 9.47 Å². The Labute approximate surface area is 94.8 Å². The zero-order valence-electron chi connectivity index (χ0n) is 9.43. The van der Waals surface area contributed by atoms with Crippen molar-refractivity contribution in [3.63, 3.8) is 0 Å². The average molecular weight is 223 g/mol. The summed E-state index contributed by atoms with van der Waals surface area (Å²) in [5, 5.41) is 4.12. The van der Waals surface area contributed by atoms with E-state index in [1.165, 1.54) is 0 Å². The molecule has 0 unspecified atom stereocenters.